The molecule has 0 atom stereocenters. The lowest BCUT2D eigenvalue weighted by Crippen LogP contribution is -2.20. The van der Waals surface area contributed by atoms with Crippen molar-refractivity contribution >= 4 is 35.5 Å². The molecule has 0 bridgehead atoms. The Labute approximate surface area is 227 Å². The molecule has 9 nitrogen and oxygen atoms in total. The molecule has 0 saturated heterocycles. The van der Waals surface area contributed by atoms with E-state index in [1.807, 2.05) is 34.9 Å². The number of aromatic nitrogens is 3. The minimum Gasteiger partial charge on any atom is -0.493 e. The number of hydrogen-bond acceptors (Lipinski definition) is 8. The Hall–Kier alpha value is -4.09. The highest BCUT2D eigenvalue weighted by Gasteiger charge is 2.21. The van der Waals surface area contributed by atoms with Crippen molar-refractivity contribution in [3.8, 4) is 34.3 Å². The van der Waals surface area contributed by atoms with Crippen LogP contribution in [0.4, 0.5) is 4.39 Å². The summed E-state index contributed by atoms with van der Waals surface area (Å²) in [5, 5.41) is 13.2. The van der Waals surface area contributed by atoms with Crippen molar-refractivity contribution in [1.29, 1.82) is 0 Å². The number of rotatable bonds is 10. The monoisotopic (exact) mass is 555 g/mol. The van der Waals surface area contributed by atoms with Crippen LogP contribution in [0.3, 0.4) is 0 Å². The van der Waals surface area contributed by atoms with Crippen LogP contribution in [0.5, 0.6) is 17.2 Å². The Kier molecular flexibility index (Phi) is 8.82. The lowest BCUT2D eigenvalue weighted by atomic mass is 10.1. The minimum atomic E-state index is -0.542. The predicted octanol–water partition coefficient (Wildman–Crippen LogP) is 5.00. The van der Waals surface area contributed by atoms with Gasteiger partial charge in [0.25, 0.3) is 5.91 Å². The average Bonchev–Trinajstić information content (AvgIpc) is 3.37. The Bertz CT molecular complexity index is 1420. The van der Waals surface area contributed by atoms with Crippen LogP contribution in [0.1, 0.15) is 5.56 Å². The van der Waals surface area contributed by atoms with Gasteiger partial charge in [0, 0.05) is 16.8 Å². The molecule has 0 aliphatic rings. The maximum absolute atomic E-state index is 13.9. The quantitative estimate of drug-likeness (QED) is 0.167. The summed E-state index contributed by atoms with van der Waals surface area (Å²) in [7, 11) is 4.60. The van der Waals surface area contributed by atoms with Crippen LogP contribution >= 0.6 is 23.4 Å². The number of carbonyl (C=O) groups is 1. The molecule has 3 aromatic carbocycles. The maximum atomic E-state index is 13.9. The highest BCUT2D eigenvalue weighted by Crippen LogP contribution is 2.41. The van der Waals surface area contributed by atoms with Crippen LogP contribution in [-0.4, -0.2) is 54.0 Å². The molecule has 1 N–H and O–H groups in total. The van der Waals surface area contributed by atoms with E-state index in [-0.39, 0.29) is 16.3 Å². The molecule has 196 valence electrons. The lowest BCUT2D eigenvalue weighted by molar-refractivity contribution is -0.118. The number of benzene rings is 3. The van der Waals surface area contributed by atoms with Crippen molar-refractivity contribution in [1.82, 2.24) is 20.2 Å². The number of hydrogen-bond donors (Lipinski definition) is 1. The van der Waals surface area contributed by atoms with Gasteiger partial charge in [-0.2, -0.15) is 5.10 Å². The van der Waals surface area contributed by atoms with Gasteiger partial charge in [0.1, 0.15) is 5.82 Å². The molecule has 0 saturated carbocycles. The molecule has 1 aromatic heterocycles. The number of nitrogens with zero attached hydrogens (tertiary/aromatic N) is 4. The van der Waals surface area contributed by atoms with Crippen LogP contribution < -0.4 is 19.6 Å². The van der Waals surface area contributed by atoms with Gasteiger partial charge in [-0.3, -0.25) is 9.36 Å². The van der Waals surface area contributed by atoms with Gasteiger partial charge in [0.2, 0.25) is 5.75 Å². The molecule has 38 heavy (non-hydrogen) atoms. The Morgan fingerprint density at radius 1 is 1.05 bits per heavy atom. The topological polar surface area (TPSA) is 99.9 Å². The van der Waals surface area contributed by atoms with E-state index in [0.717, 1.165) is 23.7 Å². The molecule has 4 rings (SSSR count). The predicted molar refractivity (Wildman–Crippen MR) is 144 cm³/mol. The maximum Gasteiger partial charge on any atom is 0.250 e. The van der Waals surface area contributed by atoms with Crippen molar-refractivity contribution in [2.45, 2.75) is 5.16 Å². The number of amides is 1. The van der Waals surface area contributed by atoms with E-state index in [1.54, 1.807) is 12.1 Å². The molecule has 12 heteroatoms. The molecule has 0 fully saturated rings. The van der Waals surface area contributed by atoms with Gasteiger partial charge in [0.15, 0.2) is 22.5 Å². The first-order valence-electron chi connectivity index (χ1n) is 11.2. The zero-order valence-corrected chi connectivity index (χ0v) is 22.2. The fourth-order valence-corrected chi connectivity index (χ4v) is 4.49. The van der Waals surface area contributed by atoms with E-state index in [0.29, 0.717) is 33.8 Å². The third-order valence-corrected chi connectivity index (χ3v) is 6.54. The van der Waals surface area contributed by atoms with Gasteiger partial charge in [0.05, 0.1) is 38.3 Å². The third-order valence-electron chi connectivity index (χ3n) is 5.29. The summed E-state index contributed by atoms with van der Waals surface area (Å²) < 4.78 is 32.1. The smallest absolute Gasteiger partial charge is 0.250 e. The van der Waals surface area contributed by atoms with E-state index in [9.17, 15) is 9.18 Å². The standard InChI is InChI=1S/C26H23ClFN5O4S/c1-35-21-12-16(13-22(36-2)24(21)37-3)25-31-32-26(33(25)17-8-5-4-6-9-17)38-15-23(34)30-29-14-18-19(27)10-7-11-20(18)28/h4-14H,15H2,1-3H3,(H,30,34)/b29-14-. The van der Waals surface area contributed by atoms with Gasteiger partial charge in [-0.15, -0.1) is 10.2 Å². The van der Waals surface area contributed by atoms with Crippen LogP contribution in [0.25, 0.3) is 17.1 Å². The Balaban J connectivity index is 1.60. The molecule has 0 radical (unpaired) electrons. The number of ether oxygens (including phenoxy) is 3. The van der Waals surface area contributed by atoms with Crippen molar-refractivity contribution in [3.63, 3.8) is 0 Å². The Morgan fingerprint density at radius 3 is 2.39 bits per heavy atom. The van der Waals surface area contributed by atoms with Gasteiger partial charge < -0.3 is 14.2 Å². The summed E-state index contributed by atoms with van der Waals surface area (Å²) in [6.07, 6.45) is 1.16. The average molecular weight is 556 g/mol. The molecule has 0 aliphatic heterocycles. The SMILES string of the molecule is COc1cc(-c2nnc(SCC(=O)N/N=C\c3c(F)cccc3Cl)n2-c2ccccc2)cc(OC)c1OC. The molecule has 4 aromatic rings. The fourth-order valence-electron chi connectivity index (χ4n) is 3.54. The zero-order valence-electron chi connectivity index (χ0n) is 20.6. The first-order valence-corrected chi connectivity index (χ1v) is 12.5. The van der Waals surface area contributed by atoms with Crippen molar-refractivity contribution in [2.75, 3.05) is 27.1 Å². The molecule has 1 amide bonds. The van der Waals surface area contributed by atoms with Crippen molar-refractivity contribution in [3.05, 3.63) is 77.1 Å². The summed E-state index contributed by atoms with van der Waals surface area (Å²) in [5.41, 5.74) is 3.91. The summed E-state index contributed by atoms with van der Waals surface area (Å²) in [6.45, 7) is 0. The number of nitrogens with one attached hydrogen (secondary N) is 1. The van der Waals surface area contributed by atoms with Crippen LogP contribution in [0.2, 0.25) is 5.02 Å². The second-order valence-electron chi connectivity index (χ2n) is 7.61. The van der Waals surface area contributed by atoms with Crippen molar-refractivity contribution < 1.29 is 23.4 Å². The van der Waals surface area contributed by atoms with Crippen LogP contribution in [0.15, 0.2) is 70.9 Å². The lowest BCUT2D eigenvalue weighted by Gasteiger charge is -2.15. The molecule has 0 spiro atoms. The molecule has 0 aliphatic carbocycles. The number of thioether (sulfide) groups is 1. The van der Waals surface area contributed by atoms with Gasteiger partial charge in [-0.05, 0) is 36.4 Å². The van der Waals surface area contributed by atoms with Crippen molar-refractivity contribution in [2.24, 2.45) is 5.10 Å². The van der Waals surface area contributed by atoms with E-state index < -0.39 is 11.7 Å². The number of halogens is 2. The number of hydrazone groups is 1. The molecular weight excluding hydrogens is 533 g/mol. The molecular formula is C26H23ClFN5O4S. The van der Waals surface area contributed by atoms with Gasteiger partial charge in [-0.1, -0.05) is 47.6 Å². The number of methoxy groups -OCH3 is 3. The highest BCUT2D eigenvalue weighted by molar-refractivity contribution is 7.99. The Morgan fingerprint density at radius 2 is 1.76 bits per heavy atom. The first-order chi connectivity index (χ1) is 18.5. The van der Waals surface area contributed by atoms with E-state index >= 15 is 0 Å². The molecule has 1 heterocycles. The summed E-state index contributed by atoms with van der Waals surface area (Å²) >= 11 is 7.14. The second kappa shape index (κ2) is 12.4. The minimum absolute atomic E-state index is 0.0252. The normalized spacial score (nSPS) is 11.0. The van der Waals surface area contributed by atoms with E-state index in [4.69, 9.17) is 25.8 Å². The van der Waals surface area contributed by atoms with Gasteiger partial charge in [-0.25, -0.2) is 9.82 Å². The van der Waals surface area contributed by atoms with Gasteiger partial charge >= 0.3 is 0 Å². The molecule has 0 unspecified atom stereocenters. The largest absolute Gasteiger partial charge is 0.493 e. The van der Waals surface area contributed by atoms with Crippen LogP contribution in [0, 0.1) is 5.82 Å². The summed E-state index contributed by atoms with van der Waals surface area (Å²) in [6, 6.07) is 17.3. The number of para-hydroxylation sites is 1. The summed E-state index contributed by atoms with van der Waals surface area (Å²) in [5.74, 6) is 0.897. The fraction of sp³-hybridized carbons (Fsp3) is 0.154. The zero-order chi connectivity index (χ0) is 27.1. The third kappa shape index (κ3) is 5.90. The first kappa shape index (κ1) is 27.0. The van der Waals surface area contributed by atoms with Crippen LogP contribution in [-0.2, 0) is 4.79 Å². The van der Waals surface area contributed by atoms with E-state index in [1.165, 1.54) is 39.5 Å². The summed E-state index contributed by atoms with van der Waals surface area (Å²) in [4.78, 5) is 12.5. The van der Waals surface area contributed by atoms with E-state index in [2.05, 4.69) is 20.7 Å². The highest BCUT2D eigenvalue weighted by atomic mass is 35.5. The number of carbonyl (C=O) groups excluding carboxylic acids is 1. The second-order valence-corrected chi connectivity index (χ2v) is 8.96.